The molecule has 23 heavy (non-hydrogen) atoms. The van der Waals surface area contributed by atoms with Gasteiger partial charge in [-0.3, -0.25) is 14.5 Å². The average Bonchev–Trinajstić information content (AvgIpc) is 3.06. The number of aryl methyl sites for hydroxylation is 1. The Bertz CT molecular complexity index is 755. The SMILES string of the molecule is O=C1S/C(=C/c2ccc(Br)s2)C(=O)N1CCCc1ccccc1. The highest BCUT2D eigenvalue weighted by atomic mass is 79.9. The molecular weight excluding hydrogens is 394 g/mol. The molecule has 2 heterocycles. The summed E-state index contributed by atoms with van der Waals surface area (Å²) in [6.07, 6.45) is 3.43. The van der Waals surface area contributed by atoms with Crippen LogP contribution in [-0.2, 0) is 11.2 Å². The summed E-state index contributed by atoms with van der Waals surface area (Å²) in [5.74, 6) is -0.183. The normalized spacial score (nSPS) is 16.6. The van der Waals surface area contributed by atoms with Gasteiger partial charge in [-0.15, -0.1) is 11.3 Å². The van der Waals surface area contributed by atoms with E-state index in [2.05, 4.69) is 28.1 Å². The molecular formula is C17H14BrNO2S2. The Morgan fingerprint density at radius 3 is 2.57 bits per heavy atom. The smallest absolute Gasteiger partial charge is 0.268 e. The minimum absolute atomic E-state index is 0.176. The molecule has 1 aliphatic rings. The number of benzene rings is 1. The van der Waals surface area contributed by atoms with Crippen LogP contribution in [-0.4, -0.2) is 22.6 Å². The number of nitrogens with zero attached hydrogens (tertiary/aromatic N) is 1. The fraction of sp³-hybridized carbons (Fsp3) is 0.176. The van der Waals surface area contributed by atoms with E-state index in [1.807, 2.05) is 30.3 Å². The monoisotopic (exact) mass is 407 g/mol. The lowest BCUT2D eigenvalue weighted by molar-refractivity contribution is -0.122. The van der Waals surface area contributed by atoms with Crippen LogP contribution < -0.4 is 0 Å². The number of imide groups is 1. The third-order valence-corrected chi connectivity index (χ3v) is 5.91. The molecule has 1 saturated heterocycles. The van der Waals surface area contributed by atoms with Gasteiger partial charge in [0.15, 0.2) is 0 Å². The highest BCUT2D eigenvalue weighted by Gasteiger charge is 2.34. The summed E-state index contributed by atoms with van der Waals surface area (Å²) in [6.45, 7) is 0.463. The molecule has 0 radical (unpaired) electrons. The van der Waals surface area contributed by atoms with Crippen molar-refractivity contribution in [3.8, 4) is 0 Å². The lowest BCUT2D eigenvalue weighted by Crippen LogP contribution is -2.29. The van der Waals surface area contributed by atoms with Crippen LogP contribution in [0.5, 0.6) is 0 Å². The van der Waals surface area contributed by atoms with Crippen LogP contribution in [0.4, 0.5) is 4.79 Å². The van der Waals surface area contributed by atoms with Crippen molar-refractivity contribution in [3.63, 3.8) is 0 Å². The molecule has 0 unspecified atom stereocenters. The molecule has 1 aliphatic heterocycles. The molecule has 2 aromatic rings. The van der Waals surface area contributed by atoms with Gasteiger partial charge in [-0.2, -0.15) is 0 Å². The van der Waals surface area contributed by atoms with Gasteiger partial charge >= 0.3 is 0 Å². The number of amides is 2. The van der Waals surface area contributed by atoms with Gasteiger partial charge in [0.1, 0.15) is 0 Å². The first-order valence-electron chi connectivity index (χ1n) is 7.18. The number of carbonyl (C=O) groups excluding carboxylic acids is 2. The molecule has 0 N–H and O–H groups in total. The van der Waals surface area contributed by atoms with Crippen molar-refractivity contribution >= 4 is 56.3 Å². The maximum absolute atomic E-state index is 12.4. The minimum Gasteiger partial charge on any atom is -0.268 e. The highest BCUT2D eigenvalue weighted by molar-refractivity contribution is 9.11. The van der Waals surface area contributed by atoms with Crippen molar-refractivity contribution < 1.29 is 9.59 Å². The molecule has 0 aliphatic carbocycles. The maximum Gasteiger partial charge on any atom is 0.293 e. The van der Waals surface area contributed by atoms with Crippen LogP contribution in [0, 0.1) is 0 Å². The van der Waals surface area contributed by atoms with E-state index in [9.17, 15) is 9.59 Å². The summed E-state index contributed by atoms with van der Waals surface area (Å²) in [5.41, 5.74) is 1.22. The molecule has 6 heteroatoms. The molecule has 3 nitrogen and oxygen atoms in total. The van der Waals surface area contributed by atoms with Gasteiger partial charge in [-0.05, 0) is 64.3 Å². The van der Waals surface area contributed by atoms with Crippen LogP contribution in [0.25, 0.3) is 6.08 Å². The Morgan fingerprint density at radius 2 is 1.87 bits per heavy atom. The fourth-order valence-corrected chi connectivity index (χ4v) is 4.61. The van der Waals surface area contributed by atoms with E-state index in [1.165, 1.54) is 21.8 Å². The number of hydrogen-bond acceptors (Lipinski definition) is 4. The van der Waals surface area contributed by atoms with E-state index in [0.717, 1.165) is 33.3 Å². The second kappa shape index (κ2) is 7.47. The molecule has 0 atom stereocenters. The van der Waals surface area contributed by atoms with Crippen LogP contribution in [0.2, 0.25) is 0 Å². The Labute approximate surface area is 151 Å². The second-order valence-corrected chi connectivity index (χ2v) is 8.55. The van der Waals surface area contributed by atoms with Crippen molar-refractivity contribution in [1.29, 1.82) is 0 Å². The Hall–Kier alpha value is -1.37. The lowest BCUT2D eigenvalue weighted by Gasteiger charge is -2.11. The number of thioether (sulfide) groups is 1. The van der Waals surface area contributed by atoms with E-state index in [0.29, 0.717) is 11.4 Å². The van der Waals surface area contributed by atoms with E-state index < -0.39 is 0 Å². The van der Waals surface area contributed by atoms with Gasteiger partial charge in [-0.1, -0.05) is 30.3 Å². The molecule has 118 valence electrons. The zero-order valence-electron chi connectivity index (χ0n) is 12.2. The molecule has 2 amide bonds. The zero-order valence-corrected chi connectivity index (χ0v) is 15.4. The van der Waals surface area contributed by atoms with E-state index in [4.69, 9.17) is 0 Å². The zero-order chi connectivity index (χ0) is 16.2. The number of thiophene rings is 1. The van der Waals surface area contributed by atoms with Crippen molar-refractivity contribution in [2.45, 2.75) is 12.8 Å². The van der Waals surface area contributed by atoms with Gasteiger partial charge in [0.05, 0.1) is 8.69 Å². The molecule has 0 bridgehead atoms. The topological polar surface area (TPSA) is 37.4 Å². The van der Waals surface area contributed by atoms with Crippen LogP contribution in [0.1, 0.15) is 16.9 Å². The van der Waals surface area contributed by atoms with Crippen molar-refractivity contribution in [2.24, 2.45) is 0 Å². The third-order valence-electron chi connectivity index (χ3n) is 3.43. The lowest BCUT2D eigenvalue weighted by atomic mass is 10.1. The quantitative estimate of drug-likeness (QED) is 0.640. The Morgan fingerprint density at radius 1 is 1.09 bits per heavy atom. The average molecular weight is 408 g/mol. The predicted molar refractivity (Wildman–Crippen MR) is 99.5 cm³/mol. The van der Waals surface area contributed by atoms with Crippen molar-refractivity contribution in [2.75, 3.05) is 6.54 Å². The molecule has 3 rings (SSSR count). The Kier molecular flexibility index (Phi) is 5.35. The van der Waals surface area contributed by atoms with Crippen LogP contribution >= 0.6 is 39.0 Å². The van der Waals surface area contributed by atoms with Gasteiger partial charge in [0.2, 0.25) is 0 Å². The largest absolute Gasteiger partial charge is 0.293 e. The van der Waals surface area contributed by atoms with Gasteiger partial charge < -0.3 is 0 Å². The fourth-order valence-electron chi connectivity index (χ4n) is 2.31. The number of carbonyl (C=O) groups is 2. The van der Waals surface area contributed by atoms with Gasteiger partial charge in [-0.25, -0.2) is 0 Å². The molecule has 0 saturated carbocycles. The third kappa shape index (κ3) is 4.13. The second-order valence-electron chi connectivity index (χ2n) is 5.06. The van der Waals surface area contributed by atoms with Crippen LogP contribution in [0.15, 0.2) is 51.2 Å². The Balaban J connectivity index is 1.61. The van der Waals surface area contributed by atoms with E-state index >= 15 is 0 Å². The summed E-state index contributed by atoms with van der Waals surface area (Å²) in [7, 11) is 0. The van der Waals surface area contributed by atoms with Crippen LogP contribution in [0.3, 0.4) is 0 Å². The molecule has 0 spiro atoms. The molecule has 1 aromatic carbocycles. The van der Waals surface area contributed by atoms with Crippen molar-refractivity contribution in [1.82, 2.24) is 4.90 Å². The van der Waals surface area contributed by atoms with Gasteiger partial charge in [0, 0.05) is 11.4 Å². The standard InChI is InChI=1S/C17H14BrNO2S2/c18-15-9-8-13(22-15)11-14-16(20)19(17(21)23-14)10-4-7-12-5-2-1-3-6-12/h1-3,5-6,8-9,11H,4,7,10H2/b14-11+. The van der Waals surface area contributed by atoms with Gasteiger partial charge in [0.25, 0.3) is 11.1 Å². The summed E-state index contributed by atoms with van der Waals surface area (Å²) < 4.78 is 1.01. The number of hydrogen-bond donors (Lipinski definition) is 0. The summed E-state index contributed by atoms with van der Waals surface area (Å²) >= 11 is 5.96. The first-order valence-corrected chi connectivity index (χ1v) is 9.61. The van der Waals surface area contributed by atoms with Crippen molar-refractivity contribution in [3.05, 3.63) is 61.6 Å². The molecule has 1 aromatic heterocycles. The van der Waals surface area contributed by atoms with E-state index in [-0.39, 0.29) is 11.1 Å². The summed E-state index contributed by atoms with van der Waals surface area (Å²) in [5, 5.41) is -0.176. The first kappa shape index (κ1) is 16.5. The number of rotatable bonds is 5. The summed E-state index contributed by atoms with van der Waals surface area (Å²) in [4.78, 5) is 27.3. The highest BCUT2D eigenvalue weighted by Crippen LogP contribution is 2.34. The molecule has 1 fully saturated rings. The summed E-state index contributed by atoms with van der Waals surface area (Å²) in [6, 6.07) is 14.0. The minimum atomic E-state index is -0.183. The predicted octanol–water partition coefficient (Wildman–Crippen LogP) is 5.18. The first-order chi connectivity index (χ1) is 11.1. The maximum atomic E-state index is 12.4. The number of halogens is 1. The van der Waals surface area contributed by atoms with E-state index in [1.54, 1.807) is 6.08 Å².